The molecule has 4 amide bonds. The van der Waals surface area contributed by atoms with Gasteiger partial charge >= 0.3 is 6.03 Å². The number of carbonyl (C=O) groups is 3. The van der Waals surface area contributed by atoms with Crippen molar-refractivity contribution in [2.24, 2.45) is 0 Å². The van der Waals surface area contributed by atoms with Crippen LogP contribution in [-0.2, 0) is 16.1 Å². The van der Waals surface area contributed by atoms with E-state index < -0.39 is 17.8 Å². The van der Waals surface area contributed by atoms with Crippen molar-refractivity contribution >= 4 is 34.8 Å². The minimum absolute atomic E-state index is 0.0385. The zero-order valence-electron chi connectivity index (χ0n) is 17.7. The van der Waals surface area contributed by atoms with Crippen LogP contribution >= 0.6 is 0 Å². The minimum Gasteiger partial charge on any atom is -0.492 e. The molecule has 0 saturated carbocycles. The number of hydrogen-bond acceptors (Lipinski definition) is 4. The molecule has 2 aromatic carbocycles. The van der Waals surface area contributed by atoms with Gasteiger partial charge in [-0.15, -0.1) is 0 Å². The zero-order chi connectivity index (χ0) is 22.1. The highest BCUT2D eigenvalue weighted by Gasteiger charge is 2.37. The molecule has 7 nitrogen and oxygen atoms in total. The van der Waals surface area contributed by atoms with E-state index in [1.807, 2.05) is 66.2 Å². The summed E-state index contributed by atoms with van der Waals surface area (Å²) in [5.41, 5.74) is 2.84. The molecule has 0 aliphatic carbocycles. The van der Waals surface area contributed by atoms with E-state index in [1.165, 1.54) is 19.7 Å². The van der Waals surface area contributed by atoms with Gasteiger partial charge in [0.05, 0.1) is 6.54 Å². The Labute approximate surface area is 180 Å². The van der Waals surface area contributed by atoms with Crippen molar-refractivity contribution in [2.45, 2.75) is 13.5 Å². The van der Waals surface area contributed by atoms with Crippen LogP contribution in [0, 0.1) is 6.92 Å². The van der Waals surface area contributed by atoms with Crippen LogP contribution in [0.15, 0.2) is 60.3 Å². The number of carbonyl (C=O) groups excluding carboxylic acids is 3. The summed E-state index contributed by atoms with van der Waals surface area (Å²) >= 11 is 0. The number of para-hydroxylation sites is 1. The van der Waals surface area contributed by atoms with Crippen molar-refractivity contribution in [1.29, 1.82) is 0 Å². The second-order valence-corrected chi connectivity index (χ2v) is 7.53. The Morgan fingerprint density at radius 3 is 2.23 bits per heavy atom. The highest BCUT2D eigenvalue weighted by Crippen LogP contribution is 2.26. The van der Waals surface area contributed by atoms with Crippen LogP contribution in [0.1, 0.15) is 11.1 Å². The molecule has 1 aromatic heterocycles. The summed E-state index contributed by atoms with van der Waals surface area (Å²) in [5, 5.41) is 0.910. The quantitative estimate of drug-likeness (QED) is 0.471. The van der Waals surface area contributed by atoms with Crippen molar-refractivity contribution in [3.05, 3.63) is 71.4 Å². The summed E-state index contributed by atoms with van der Waals surface area (Å²) in [7, 11) is 2.74. The van der Waals surface area contributed by atoms with Crippen LogP contribution < -0.4 is 4.74 Å². The van der Waals surface area contributed by atoms with Crippen molar-refractivity contribution in [3.8, 4) is 5.75 Å². The number of rotatable bonds is 5. The molecule has 1 fully saturated rings. The SMILES string of the molecule is Cc1ccc(OCCn2cc(C=C3C(=O)N(C)C(=O)N(C)C3=O)c3ccccc32)cc1. The number of urea groups is 1. The number of aromatic nitrogens is 1. The predicted octanol–water partition coefficient (Wildman–Crippen LogP) is 3.46. The number of fused-ring (bicyclic) bond motifs is 1. The number of benzene rings is 2. The largest absolute Gasteiger partial charge is 0.492 e. The number of nitrogens with zero attached hydrogens (tertiary/aromatic N) is 3. The molecular formula is C24H23N3O4. The van der Waals surface area contributed by atoms with Crippen LogP contribution in [-0.4, -0.2) is 52.9 Å². The van der Waals surface area contributed by atoms with Crippen LogP contribution in [0.5, 0.6) is 5.75 Å². The molecule has 158 valence electrons. The van der Waals surface area contributed by atoms with E-state index in [4.69, 9.17) is 4.74 Å². The van der Waals surface area contributed by atoms with Gasteiger partial charge in [-0.2, -0.15) is 0 Å². The molecule has 3 aromatic rings. The topological polar surface area (TPSA) is 71.8 Å². The van der Waals surface area contributed by atoms with Gasteiger partial charge in [0.25, 0.3) is 11.8 Å². The van der Waals surface area contributed by atoms with Gasteiger partial charge in [-0.25, -0.2) is 4.79 Å². The second kappa shape index (κ2) is 8.10. The van der Waals surface area contributed by atoms with Crippen molar-refractivity contribution in [3.63, 3.8) is 0 Å². The van der Waals surface area contributed by atoms with Crippen LogP contribution in [0.3, 0.4) is 0 Å². The van der Waals surface area contributed by atoms with Gasteiger partial charge in [-0.05, 0) is 31.2 Å². The molecule has 1 aliphatic rings. The lowest BCUT2D eigenvalue weighted by Gasteiger charge is -2.28. The smallest absolute Gasteiger partial charge is 0.333 e. The monoisotopic (exact) mass is 417 g/mol. The van der Waals surface area contributed by atoms with Crippen LogP contribution in [0.2, 0.25) is 0 Å². The molecule has 0 N–H and O–H groups in total. The fraction of sp³-hybridized carbons (Fsp3) is 0.208. The third-order valence-corrected chi connectivity index (χ3v) is 5.39. The lowest BCUT2D eigenvalue weighted by molar-refractivity contribution is -0.134. The van der Waals surface area contributed by atoms with Crippen LogP contribution in [0.25, 0.3) is 17.0 Å². The minimum atomic E-state index is -0.636. The molecule has 1 aliphatic heterocycles. The first kappa shape index (κ1) is 20.4. The van der Waals surface area contributed by atoms with E-state index >= 15 is 0 Å². The Morgan fingerprint density at radius 2 is 1.55 bits per heavy atom. The molecule has 0 bridgehead atoms. The predicted molar refractivity (Wildman–Crippen MR) is 118 cm³/mol. The van der Waals surface area contributed by atoms with Crippen molar-refractivity contribution < 1.29 is 19.1 Å². The number of barbiturate groups is 1. The number of aryl methyl sites for hydroxylation is 1. The summed E-state index contributed by atoms with van der Waals surface area (Å²) < 4.78 is 7.89. The number of imide groups is 2. The highest BCUT2D eigenvalue weighted by molar-refractivity contribution is 6.31. The van der Waals surface area contributed by atoms with Gasteiger partial charge in [0.15, 0.2) is 0 Å². The Balaban J connectivity index is 1.63. The van der Waals surface area contributed by atoms with Gasteiger partial charge in [-0.3, -0.25) is 19.4 Å². The standard InChI is InChI=1S/C24H23N3O4/c1-16-8-10-18(11-9-16)31-13-12-27-15-17(19-6-4-5-7-21(19)27)14-20-22(28)25(2)24(30)26(3)23(20)29/h4-11,14-15H,12-13H2,1-3H3. The van der Waals surface area contributed by atoms with E-state index in [1.54, 1.807) is 6.08 Å². The van der Waals surface area contributed by atoms with Gasteiger partial charge in [0, 0.05) is 36.8 Å². The fourth-order valence-corrected chi connectivity index (χ4v) is 3.60. The van der Waals surface area contributed by atoms with E-state index in [-0.39, 0.29) is 5.57 Å². The molecule has 7 heteroatoms. The molecule has 0 unspecified atom stereocenters. The molecular weight excluding hydrogens is 394 g/mol. The van der Waals surface area contributed by atoms with Gasteiger partial charge < -0.3 is 9.30 Å². The highest BCUT2D eigenvalue weighted by atomic mass is 16.5. The van der Waals surface area contributed by atoms with Gasteiger partial charge in [0.2, 0.25) is 0 Å². The van der Waals surface area contributed by atoms with Gasteiger partial charge in [0.1, 0.15) is 17.9 Å². The molecule has 31 heavy (non-hydrogen) atoms. The molecule has 2 heterocycles. The molecule has 0 spiro atoms. The number of likely N-dealkylation sites (N-methyl/N-ethyl adjacent to an activating group) is 2. The summed E-state index contributed by atoms with van der Waals surface area (Å²) in [4.78, 5) is 39.0. The Kier molecular flexibility index (Phi) is 5.33. The number of amides is 4. The Morgan fingerprint density at radius 1 is 0.903 bits per heavy atom. The number of hydrogen-bond donors (Lipinski definition) is 0. The average Bonchev–Trinajstić information content (AvgIpc) is 3.13. The maximum atomic E-state index is 12.6. The summed E-state index contributed by atoms with van der Waals surface area (Å²) in [6.07, 6.45) is 3.46. The van der Waals surface area contributed by atoms with E-state index in [0.717, 1.165) is 32.0 Å². The van der Waals surface area contributed by atoms with Crippen molar-refractivity contribution in [1.82, 2.24) is 14.4 Å². The van der Waals surface area contributed by atoms with Gasteiger partial charge in [-0.1, -0.05) is 35.9 Å². The average molecular weight is 417 g/mol. The zero-order valence-corrected chi connectivity index (χ0v) is 17.7. The second-order valence-electron chi connectivity index (χ2n) is 7.53. The van der Waals surface area contributed by atoms with E-state index in [2.05, 4.69) is 0 Å². The molecule has 0 radical (unpaired) electrons. The normalized spacial score (nSPS) is 14.5. The number of ether oxygens (including phenoxy) is 1. The fourth-order valence-electron chi connectivity index (χ4n) is 3.60. The Bertz CT molecular complexity index is 1180. The molecule has 0 atom stereocenters. The lowest BCUT2D eigenvalue weighted by atomic mass is 10.1. The third kappa shape index (κ3) is 3.82. The first-order chi connectivity index (χ1) is 14.9. The Hall–Kier alpha value is -3.87. The first-order valence-electron chi connectivity index (χ1n) is 9.96. The van der Waals surface area contributed by atoms with E-state index in [9.17, 15) is 14.4 Å². The van der Waals surface area contributed by atoms with E-state index in [0.29, 0.717) is 13.2 Å². The lowest BCUT2D eigenvalue weighted by Crippen LogP contribution is -2.52. The maximum Gasteiger partial charge on any atom is 0.333 e. The summed E-state index contributed by atoms with van der Waals surface area (Å²) in [6.45, 7) is 3.09. The molecule has 4 rings (SSSR count). The molecule has 1 saturated heterocycles. The maximum absolute atomic E-state index is 12.6. The van der Waals surface area contributed by atoms with Crippen LogP contribution in [0.4, 0.5) is 4.79 Å². The third-order valence-electron chi connectivity index (χ3n) is 5.39. The van der Waals surface area contributed by atoms with Crippen molar-refractivity contribution in [2.75, 3.05) is 20.7 Å². The summed E-state index contributed by atoms with van der Waals surface area (Å²) in [5.74, 6) is -0.404. The summed E-state index contributed by atoms with van der Waals surface area (Å²) in [6, 6.07) is 15.0. The first-order valence-corrected chi connectivity index (χ1v) is 9.96.